The molecule has 1 atom stereocenters. The van der Waals surface area contributed by atoms with Crippen molar-refractivity contribution in [1.29, 1.82) is 0 Å². The number of benzene rings is 3. The van der Waals surface area contributed by atoms with Crippen molar-refractivity contribution in [2.24, 2.45) is 0 Å². The van der Waals surface area contributed by atoms with Gasteiger partial charge in [0, 0.05) is 46.6 Å². The maximum Gasteiger partial charge on any atom is 0.326 e. The Morgan fingerprint density at radius 3 is 2.67 bits per heavy atom. The summed E-state index contributed by atoms with van der Waals surface area (Å²) >= 11 is 6.19. The van der Waals surface area contributed by atoms with Crippen molar-refractivity contribution in [2.75, 3.05) is 30.0 Å². The zero-order valence-electron chi connectivity index (χ0n) is 26.7. The Morgan fingerprint density at radius 1 is 1.08 bits per heavy atom. The molecular weight excluding hydrogens is 654 g/mol. The molecule has 49 heavy (non-hydrogen) atoms. The number of aromatic nitrogens is 2. The Hall–Kier alpha value is -5.56. The molecule has 2 heterocycles. The van der Waals surface area contributed by atoms with Crippen LogP contribution in [0.3, 0.4) is 0 Å². The molecule has 0 fully saturated rings. The summed E-state index contributed by atoms with van der Waals surface area (Å²) < 4.78 is 13.8. The number of ether oxygens (including phenoxy) is 2. The largest absolute Gasteiger partial charge is 0.493 e. The first-order chi connectivity index (χ1) is 23.6. The van der Waals surface area contributed by atoms with Gasteiger partial charge in [-0.1, -0.05) is 41.9 Å². The molecule has 13 nitrogen and oxygen atoms in total. The van der Waals surface area contributed by atoms with E-state index in [0.29, 0.717) is 73.5 Å². The fourth-order valence-electron chi connectivity index (χ4n) is 5.40. The maximum atomic E-state index is 13.4. The van der Waals surface area contributed by atoms with Crippen LogP contribution >= 0.6 is 11.6 Å². The standard InChI is InChI=1S/C35H36ClN5O8/c1-22-27(36)10-4-12-30(22)48-15-5-13-31(42)41-14-6-16-49-33-26(9-3-11-29(33)41)24-19-37-40(21-24)20-23-7-2-8-25(17-23)38-35(47)39-28(34(45)46)18-32(43)44/h2-4,7-12,17,19,21,28H,5-6,13-16,18,20H2,1H3,(H,43,44)(H,45,46)(H2,38,39,47)/t28-/m0/s1. The quantitative estimate of drug-likeness (QED) is 0.131. The fourth-order valence-corrected chi connectivity index (χ4v) is 5.57. The lowest BCUT2D eigenvalue weighted by Crippen LogP contribution is -2.44. The number of nitrogens with zero attached hydrogens (tertiary/aromatic N) is 3. The Kier molecular flexibility index (Phi) is 11.4. The van der Waals surface area contributed by atoms with Crippen molar-refractivity contribution in [3.63, 3.8) is 0 Å². The molecule has 1 aliphatic heterocycles. The number of aliphatic carboxylic acids is 2. The van der Waals surface area contributed by atoms with Crippen LogP contribution in [0.5, 0.6) is 11.5 Å². The van der Waals surface area contributed by atoms with Gasteiger partial charge in [-0.3, -0.25) is 14.3 Å². The highest BCUT2D eigenvalue weighted by Crippen LogP contribution is 2.40. The lowest BCUT2D eigenvalue weighted by Gasteiger charge is -2.23. The molecule has 3 amide bonds. The number of para-hydroxylation sites is 1. The number of rotatable bonds is 13. The zero-order chi connectivity index (χ0) is 34.9. The van der Waals surface area contributed by atoms with Gasteiger partial charge in [0.2, 0.25) is 5.91 Å². The summed E-state index contributed by atoms with van der Waals surface area (Å²) in [5.74, 6) is -1.50. The Morgan fingerprint density at radius 2 is 1.88 bits per heavy atom. The van der Waals surface area contributed by atoms with E-state index in [0.717, 1.165) is 22.3 Å². The summed E-state index contributed by atoms with van der Waals surface area (Å²) in [5.41, 5.74) is 4.34. The van der Waals surface area contributed by atoms with Crippen LogP contribution in [0.1, 0.15) is 36.8 Å². The highest BCUT2D eigenvalue weighted by atomic mass is 35.5. The molecular formula is C35H36ClN5O8. The molecule has 256 valence electrons. The Balaban J connectivity index is 1.23. The van der Waals surface area contributed by atoms with Crippen LogP contribution < -0.4 is 25.0 Å². The summed E-state index contributed by atoms with van der Waals surface area (Å²) in [6, 6.07) is 15.7. The summed E-state index contributed by atoms with van der Waals surface area (Å²) in [6.45, 7) is 3.61. The minimum atomic E-state index is -1.57. The summed E-state index contributed by atoms with van der Waals surface area (Å²) in [5, 5.41) is 27.9. The van der Waals surface area contributed by atoms with Crippen LogP contribution in [-0.4, -0.2) is 69.7 Å². The molecule has 3 aromatic carbocycles. The van der Waals surface area contributed by atoms with Crippen LogP contribution in [0, 0.1) is 6.92 Å². The highest BCUT2D eigenvalue weighted by Gasteiger charge is 2.25. The number of carbonyl (C=O) groups is 4. The molecule has 1 aromatic heterocycles. The molecule has 4 N–H and O–H groups in total. The SMILES string of the molecule is Cc1c(Cl)cccc1OCCCC(=O)N1CCCOc2c(-c3cnn(Cc4cccc(NC(=O)N[C@@H](CC(=O)O)C(=O)O)c4)c3)cccc21. The molecule has 0 spiro atoms. The van der Waals surface area contributed by atoms with Crippen molar-refractivity contribution in [3.8, 4) is 22.6 Å². The van der Waals surface area contributed by atoms with Crippen molar-refractivity contribution in [1.82, 2.24) is 15.1 Å². The van der Waals surface area contributed by atoms with Gasteiger partial charge < -0.3 is 35.2 Å². The van der Waals surface area contributed by atoms with Crippen molar-refractivity contribution >= 4 is 46.9 Å². The summed E-state index contributed by atoms with van der Waals surface area (Å²) in [4.78, 5) is 49.7. The second-order valence-corrected chi connectivity index (χ2v) is 11.8. The first kappa shape index (κ1) is 34.8. The Labute approximate surface area is 287 Å². The highest BCUT2D eigenvalue weighted by molar-refractivity contribution is 6.31. The van der Waals surface area contributed by atoms with Crippen LogP contribution in [0.25, 0.3) is 11.1 Å². The molecule has 0 unspecified atom stereocenters. The van der Waals surface area contributed by atoms with Gasteiger partial charge in [-0.15, -0.1) is 0 Å². The molecule has 14 heteroatoms. The monoisotopic (exact) mass is 689 g/mol. The minimum absolute atomic E-state index is 0.0199. The van der Waals surface area contributed by atoms with Crippen LogP contribution in [0.2, 0.25) is 5.02 Å². The Bertz CT molecular complexity index is 1840. The number of urea groups is 1. The maximum absolute atomic E-state index is 13.4. The molecule has 0 bridgehead atoms. The average Bonchev–Trinajstić information content (AvgIpc) is 3.41. The zero-order valence-corrected chi connectivity index (χ0v) is 27.5. The predicted octanol–water partition coefficient (Wildman–Crippen LogP) is 5.58. The number of carboxylic acids is 2. The number of carbonyl (C=O) groups excluding carboxylic acids is 2. The minimum Gasteiger partial charge on any atom is -0.493 e. The van der Waals surface area contributed by atoms with Crippen LogP contribution in [0.4, 0.5) is 16.2 Å². The number of carboxylic acid groups (broad SMARTS) is 2. The topological polar surface area (TPSA) is 172 Å². The third-order valence-electron chi connectivity index (χ3n) is 7.82. The van der Waals surface area contributed by atoms with Crippen molar-refractivity contribution in [3.05, 3.63) is 89.2 Å². The smallest absolute Gasteiger partial charge is 0.326 e. The van der Waals surface area contributed by atoms with E-state index in [-0.39, 0.29) is 5.91 Å². The molecule has 0 radical (unpaired) electrons. The van der Waals surface area contributed by atoms with Crippen LogP contribution in [-0.2, 0) is 20.9 Å². The van der Waals surface area contributed by atoms with E-state index in [9.17, 15) is 24.3 Å². The number of nitrogens with one attached hydrogen (secondary N) is 2. The second-order valence-electron chi connectivity index (χ2n) is 11.4. The third-order valence-corrected chi connectivity index (χ3v) is 8.23. The van der Waals surface area contributed by atoms with E-state index in [2.05, 4.69) is 15.7 Å². The number of hydrogen-bond donors (Lipinski definition) is 4. The van der Waals surface area contributed by atoms with Gasteiger partial charge in [0.05, 0.1) is 38.1 Å². The predicted molar refractivity (Wildman–Crippen MR) is 182 cm³/mol. The van der Waals surface area contributed by atoms with Gasteiger partial charge >= 0.3 is 18.0 Å². The molecule has 0 aliphatic carbocycles. The number of hydrogen-bond acceptors (Lipinski definition) is 7. The fraction of sp³-hybridized carbons (Fsp3) is 0.286. The van der Waals surface area contributed by atoms with E-state index in [1.54, 1.807) is 34.0 Å². The molecule has 0 saturated heterocycles. The first-order valence-electron chi connectivity index (χ1n) is 15.7. The normalized spacial score (nSPS) is 13.0. The van der Waals surface area contributed by atoms with Gasteiger partial charge in [-0.2, -0.15) is 5.10 Å². The number of fused-ring (bicyclic) bond motifs is 1. The number of anilines is 2. The average molecular weight is 690 g/mol. The molecule has 4 aromatic rings. The van der Waals surface area contributed by atoms with Gasteiger partial charge in [-0.05, 0) is 55.7 Å². The van der Waals surface area contributed by atoms with E-state index in [4.69, 9.17) is 26.2 Å². The summed E-state index contributed by atoms with van der Waals surface area (Å²) in [6.07, 6.45) is 4.35. The number of halogens is 1. The van der Waals surface area contributed by atoms with Gasteiger partial charge in [0.15, 0.2) is 5.75 Å². The lowest BCUT2D eigenvalue weighted by atomic mass is 10.1. The second kappa shape index (κ2) is 16.0. The van der Waals surface area contributed by atoms with Gasteiger partial charge in [-0.25, -0.2) is 9.59 Å². The van der Waals surface area contributed by atoms with Gasteiger partial charge in [0.25, 0.3) is 0 Å². The van der Waals surface area contributed by atoms with Crippen LogP contribution in [0.15, 0.2) is 73.1 Å². The van der Waals surface area contributed by atoms with Crippen molar-refractivity contribution < 1.29 is 38.9 Å². The molecule has 1 aliphatic rings. The first-order valence-corrected chi connectivity index (χ1v) is 16.0. The van der Waals surface area contributed by atoms with E-state index >= 15 is 0 Å². The van der Waals surface area contributed by atoms with Gasteiger partial charge in [0.1, 0.15) is 11.8 Å². The third kappa shape index (κ3) is 9.08. The number of amides is 3. The molecule has 0 saturated carbocycles. The lowest BCUT2D eigenvalue weighted by molar-refractivity contribution is -0.145. The van der Waals surface area contributed by atoms with E-state index < -0.39 is 30.4 Å². The van der Waals surface area contributed by atoms with Crippen molar-refractivity contribution in [2.45, 2.75) is 45.2 Å². The van der Waals surface area contributed by atoms with E-state index in [1.165, 1.54) is 0 Å². The molecule has 5 rings (SSSR count). The summed E-state index contributed by atoms with van der Waals surface area (Å²) in [7, 11) is 0. The van der Waals surface area contributed by atoms with E-state index in [1.807, 2.05) is 55.6 Å².